The first-order chi connectivity index (χ1) is 7.39. The third-order valence-corrected chi connectivity index (χ3v) is 2.37. The molecule has 8 heteroatoms. The fourth-order valence-corrected chi connectivity index (χ4v) is 1.60. The van der Waals surface area contributed by atoms with Crippen LogP contribution in [0.4, 0.5) is 18.0 Å². The van der Waals surface area contributed by atoms with Gasteiger partial charge in [0.1, 0.15) is 5.76 Å². The highest BCUT2D eigenvalue weighted by atomic mass is 19.4. The number of alkyl halides is 3. The third kappa shape index (κ3) is 1.70. The Bertz CT molecular complexity index is 427. The minimum Gasteiger partial charge on any atom is -0.465 e. The van der Waals surface area contributed by atoms with Gasteiger partial charge in [0.05, 0.1) is 6.54 Å². The molecule has 0 bridgehead atoms. The molecule has 1 aliphatic heterocycles. The van der Waals surface area contributed by atoms with E-state index in [1.165, 1.54) is 0 Å². The van der Waals surface area contributed by atoms with Crippen LogP contribution in [0, 0.1) is 0 Å². The Balaban J connectivity index is 2.35. The number of hydrogen-bond acceptors (Lipinski definition) is 3. The van der Waals surface area contributed by atoms with E-state index in [2.05, 4.69) is 9.68 Å². The first kappa shape index (κ1) is 10.8. The van der Waals surface area contributed by atoms with Crippen molar-refractivity contribution in [3.8, 4) is 0 Å². The Morgan fingerprint density at radius 1 is 1.50 bits per heavy atom. The maximum Gasteiger partial charge on any atom is 0.437 e. The summed E-state index contributed by atoms with van der Waals surface area (Å²) in [6, 6.07) is 0. The molecule has 0 fully saturated rings. The van der Waals surface area contributed by atoms with Crippen LogP contribution in [0.1, 0.15) is 17.0 Å². The molecular formula is C8H7F3N2O3. The van der Waals surface area contributed by atoms with Crippen LogP contribution in [0.15, 0.2) is 4.52 Å². The van der Waals surface area contributed by atoms with Gasteiger partial charge in [0.25, 0.3) is 0 Å². The van der Waals surface area contributed by atoms with E-state index in [-0.39, 0.29) is 30.8 Å². The first-order valence-corrected chi connectivity index (χ1v) is 4.42. The number of rotatable bonds is 0. The molecule has 0 aliphatic carbocycles. The number of fused-ring (bicyclic) bond motifs is 1. The lowest BCUT2D eigenvalue weighted by Crippen LogP contribution is -2.35. The van der Waals surface area contributed by atoms with Crippen molar-refractivity contribution in [2.75, 3.05) is 6.54 Å². The highest BCUT2D eigenvalue weighted by Crippen LogP contribution is 2.34. The molecule has 0 atom stereocenters. The topological polar surface area (TPSA) is 66.6 Å². The second-order valence-electron chi connectivity index (χ2n) is 3.38. The van der Waals surface area contributed by atoms with E-state index in [4.69, 9.17) is 5.11 Å². The van der Waals surface area contributed by atoms with Crippen LogP contribution in [0.25, 0.3) is 0 Å². The van der Waals surface area contributed by atoms with Crippen LogP contribution in [0.2, 0.25) is 0 Å². The summed E-state index contributed by atoms with van der Waals surface area (Å²) < 4.78 is 41.9. The molecule has 1 amide bonds. The van der Waals surface area contributed by atoms with Gasteiger partial charge >= 0.3 is 12.3 Å². The maximum atomic E-state index is 12.4. The van der Waals surface area contributed by atoms with Crippen molar-refractivity contribution in [1.82, 2.24) is 10.1 Å². The average Bonchev–Trinajstić information content (AvgIpc) is 2.58. The van der Waals surface area contributed by atoms with Crippen LogP contribution in [0.5, 0.6) is 0 Å². The fraction of sp³-hybridized carbons (Fsp3) is 0.500. The standard InChI is InChI=1S/C8H7F3N2O3/c9-8(10,11)6-4-3-13(7(14)15)2-1-5(4)16-12-6/h1-3H2,(H,14,15). The zero-order valence-electron chi connectivity index (χ0n) is 7.91. The van der Waals surface area contributed by atoms with E-state index >= 15 is 0 Å². The zero-order chi connectivity index (χ0) is 11.9. The SMILES string of the molecule is O=C(O)N1CCc2onc(C(F)(F)F)c2C1. The molecule has 1 N–H and O–H groups in total. The van der Waals surface area contributed by atoms with Gasteiger partial charge in [0.15, 0.2) is 5.69 Å². The molecule has 2 rings (SSSR count). The van der Waals surface area contributed by atoms with Crippen molar-refractivity contribution >= 4 is 6.09 Å². The average molecular weight is 236 g/mol. The molecule has 16 heavy (non-hydrogen) atoms. The normalized spacial score (nSPS) is 16.1. The lowest BCUT2D eigenvalue weighted by molar-refractivity contribution is -0.143. The molecule has 0 unspecified atom stereocenters. The number of aromatic nitrogens is 1. The lowest BCUT2D eigenvalue weighted by Gasteiger charge is -2.23. The van der Waals surface area contributed by atoms with Crippen molar-refractivity contribution in [2.24, 2.45) is 0 Å². The molecule has 0 saturated heterocycles. The van der Waals surface area contributed by atoms with Crippen LogP contribution in [-0.2, 0) is 19.1 Å². The summed E-state index contributed by atoms with van der Waals surface area (Å²) in [7, 11) is 0. The van der Waals surface area contributed by atoms with Gasteiger partial charge in [-0.25, -0.2) is 4.79 Å². The lowest BCUT2D eigenvalue weighted by atomic mass is 10.1. The summed E-state index contributed by atoms with van der Waals surface area (Å²) in [6.45, 7) is -0.210. The van der Waals surface area contributed by atoms with E-state index < -0.39 is 18.0 Å². The smallest absolute Gasteiger partial charge is 0.437 e. The molecule has 88 valence electrons. The van der Waals surface area contributed by atoms with Gasteiger partial charge in [0, 0.05) is 18.5 Å². The summed E-state index contributed by atoms with van der Waals surface area (Å²) in [5, 5.41) is 11.6. The Morgan fingerprint density at radius 3 is 2.75 bits per heavy atom. The van der Waals surface area contributed by atoms with Crippen molar-refractivity contribution < 1.29 is 27.6 Å². The molecule has 5 nitrogen and oxygen atoms in total. The molecule has 0 aromatic carbocycles. The summed E-state index contributed by atoms with van der Waals surface area (Å²) in [4.78, 5) is 11.5. The van der Waals surface area contributed by atoms with Crippen molar-refractivity contribution in [1.29, 1.82) is 0 Å². The van der Waals surface area contributed by atoms with Crippen LogP contribution in [0.3, 0.4) is 0 Å². The molecule has 2 heterocycles. The predicted octanol–water partition coefficient (Wildman–Crippen LogP) is 1.73. The summed E-state index contributed by atoms with van der Waals surface area (Å²) >= 11 is 0. The minimum absolute atomic E-state index is 0.116. The Kier molecular flexibility index (Phi) is 2.28. The molecule has 1 aliphatic rings. The second-order valence-corrected chi connectivity index (χ2v) is 3.38. The van der Waals surface area contributed by atoms with Gasteiger partial charge in [-0.15, -0.1) is 0 Å². The van der Waals surface area contributed by atoms with E-state index in [9.17, 15) is 18.0 Å². The summed E-state index contributed by atoms with van der Waals surface area (Å²) in [5.74, 6) is 0.116. The Hall–Kier alpha value is -1.73. The molecule has 1 aromatic rings. The molecular weight excluding hydrogens is 229 g/mol. The van der Waals surface area contributed by atoms with Gasteiger partial charge < -0.3 is 14.5 Å². The quantitative estimate of drug-likeness (QED) is 0.744. The van der Waals surface area contributed by atoms with Crippen molar-refractivity contribution in [3.05, 3.63) is 17.0 Å². The molecule has 1 aromatic heterocycles. The monoisotopic (exact) mass is 236 g/mol. The number of carbonyl (C=O) groups is 1. The molecule has 0 saturated carbocycles. The highest BCUT2D eigenvalue weighted by molar-refractivity contribution is 5.65. The van der Waals surface area contributed by atoms with Crippen LogP contribution >= 0.6 is 0 Å². The van der Waals surface area contributed by atoms with E-state index in [1.807, 2.05) is 0 Å². The summed E-state index contributed by atoms with van der Waals surface area (Å²) in [6.07, 6.45) is -5.75. The van der Waals surface area contributed by atoms with Gasteiger partial charge in [-0.3, -0.25) is 0 Å². The molecule has 0 radical (unpaired) electrons. The second kappa shape index (κ2) is 3.39. The van der Waals surface area contributed by atoms with E-state index in [0.717, 1.165) is 4.90 Å². The summed E-state index contributed by atoms with van der Waals surface area (Å²) in [5.41, 5.74) is -1.31. The van der Waals surface area contributed by atoms with Gasteiger partial charge in [-0.2, -0.15) is 13.2 Å². The first-order valence-electron chi connectivity index (χ1n) is 4.42. The van der Waals surface area contributed by atoms with Crippen molar-refractivity contribution in [3.63, 3.8) is 0 Å². The highest BCUT2D eigenvalue weighted by Gasteiger charge is 2.41. The largest absolute Gasteiger partial charge is 0.465 e. The van der Waals surface area contributed by atoms with Gasteiger partial charge in [-0.05, 0) is 0 Å². The van der Waals surface area contributed by atoms with Gasteiger partial charge in [0.2, 0.25) is 0 Å². The number of hydrogen-bond donors (Lipinski definition) is 1. The number of halogens is 3. The maximum absolute atomic E-state index is 12.4. The Labute approximate surface area is 87.4 Å². The minimum atomic E-state index is -4.61. The van der Waals surface area contributed by atoms with Gasteiger partial charge in [-0.1, -0.05) is 5.16 Å². The van der Waals surface area contributed by atoms with Crippen LogP contribution in [-0.4, -0.2) is 27.8 Å². The predicted molar refractivity (Wildman–Crippen MR) is 43.6 cm³/mol. The number of carboxylic acid groups (broad SMARTS) is 1. The van der Waals surface area contributed by atoms with E-state index in [1.54, 1.807) is 0 Å². The van der Waals surface area contributed by atoms with E-state index in [0.29, 0.717) is 0 Å². The number of amides is 1. The number of nitrogens with zero attached hydrogens (tertiary/aromatic N) is 2. The fourth-order valence-electron chi connectivity index (χ4n) is 1.60. The third-order valence-electron chi connectivity index (χ3n) is 2.37. The van der Waals surface area contributed by atoms with Crippen LogP contribution < -0.4 is 0 Å². The zero-order valence-corrected chi connectivity index (χ0v) is 7.91. The van der Waals surface area contributed by atoms with Crippen molar-refractivity contribution in [2.45, 2.75) is 19.1 Å². The molecule has 0 spiro atoms. The Morgan fingerprint density at radius 2 is 2.19 bits per heavy atom.